The summed E-state index contributed by atoms with van der Waals surface area (Å²) < 4.78 is 21.5. The molecule has 1 aliphatic rings. The smallest absolute Gasteiger partial charge is 0.334 e. The lowest BCUT2D eigenvalue weighted by molar-refractivity contribution is -0.138. The van der Waals surface area contributed by atoms with Crippen LogP contribution in [0.1, 0.15) is 30.9 Å². The van der Waals surface area contributed by atoms with Crippen molar-refractivity contribution in [1.82, 2.24) is 0 Å². The van der Waals surface area contributed by atoms with E-state index in [1.807, 2.05) is 50.2 Å². The zero-order chi connectivity index (χ0) is 22.9. The third-order valence-corrected chi connectivity index (χ3v) is 5.71. The fourth-order valence-corrected chi connectivity index (χ4v) is 3.98. The molecule has 32 heavy (non-hydrogen) atoms. The number of hydrogen-bond acceptors (Lipinski definition) is 5. The highest BCUT2D eigenvalue weighted by Crippen LogP contribution is 2.38. The molecular formula is C27H32O5. The summed E-state index contributed by atoms with van der Waals surface area (Å²) in [6, 6.07) is 15.9. The van der Waals surface area contributed by atoms with Gasteiger partial charge in [0.15, 0.2) is 0 Å². The molecular weight excluding hydrogens is 404 g/mol. The second kappa shape index (κ2) is 11.5. The number of carbonyl (C=O) groups excluding carboxylic acids is 1. The van der Waals surface area contributed by atoms with Crippen molar-refractivity contribution in [3.05, 3.63) is 83.0 Å². The van der Waals surface area contributed by atoms with Gasteiger partial charge in [-0.1, -0.05) is 42.0 Å². The van der Waals surface area contributed by atoms with Gasteiger partial charge < -0.3 is 18.9 Å². The average Bonchev–Trinajstić information content (AvgIpc) is 2.81. The number of ether oxygens (including phenoxy) is 4. The zero-order valence-corrected chi connectivity index (χ0v) is 19.3. The number of esters is 1. The SMILES string of the molecule is CCOC(=O)C1=C(C)C(Cc2ccc(OC)cc2)C=CC1c1cccc(OCCOC)c1. The van der Waals surface area contributed by atoms with E-state index in [2.05, 4.69) is 24.3 Å². The predicted octanol–water partition coefficient (Wildman–Crippen LogP) is 5.11. The number of allylic oxidation sites excluding steroid dienone is 3. The maximum absolute atomic E-state index is 13.0. The highest BCUT2D eigenvalue weighted by Gasteiger charge is 2.30. The molecule has 0 spiro atoms. The molecule has 0 radical (unpaired) electrons. The summed E-state index contributed by atoms with van der Waals surface area (Å²) >= 11 is 0. The first-order valence-corrected chi connectivity index (χ1v) is 11.0. The van der Waals surface area contributed by atoms with Crippen LogP contribution in [0.2, 0.25) is 0 Å². The van der Waals surface area contributed by atoms with Crippen LogP contribution in [-0.4, -0.2) is 40.0 Å². The third-order valence-electron chi connectivity index (χ3n) is 5.71. The molecule has 0 aromatic heterocycles. The Morgan fingerprint density at radius 3 is 2.44 bits per heavy atom. The van der Waals surface area contributed by atoms with Crippen LogP contribution >= 0.6 is 0 Å². The monoisotopic (exact) mass is 436 g/mol. The van der Waals surface area contributed by atoms with E-state index in [-0.39, 0.29) is 17.8 Å². The summed E-state index contributed by atoms with van der Waals surface area (Å²) in [7, 11) is 3.31. The van der Waals surface area contributed by atoms with Crippen molar-refractivity contribution in [3.63, 3.8) is 0 Å². The van der Waals surface area contributed by atoms with Gasteiger partial charge in [-0.2, -0.15) is 0 Å². The standard InChI is InChI=1S/C27H32O5/c1-5-31-27(28)26-19(2)21(17-20-9-12-23(30-4)13-10-20)11-14-25(26)22-7-6-8-24(18-22)32-16-15-29-3/h6-14,18,21,25H,5,15-17H2,1-4H3. The van der Waals surface area contributed by atoms with Gasteiger partial charge >= 0.3 is 5.97 Å². The number of methoxy groups -OCH3 is 2. The second-order valence-corrected chi connectivity index (χ2v) is 7.75. The van der Waals surface area contributed by atoms with E-state index in [1.165, 1.54) is 5.56 Å². The summed E-state index contributed by atoms with van der Waals surface area (Å²) in [5.41, 5.74) is 3.94. The van der Waals surface area contributed by atoms with Gasteiger partial charge in [0.25, 0.3) is 0 Å². The number of benzene rings is 2. The van der Waals surface area contributed by atoms with E-state index in [1.54, 1.807) is 14.2 Å². The first kappa shape index (κ1) is 23.6. The van der Waals surface area contributed by atoms with E-state index in [9.17, 15) is 4.79 Å². The van der Waals surface area contributed by atoms with Gasteiger partial charge in [0.2, 0.25) is 0 Å². The molecule has 5 heteroatoms. The van der Waals surface area contributed by atoms with Crippen molar-refractivity contribution in [3.8, 4) is 11.5 Å². The molecule has 2 unspecified atom stereocenters. The molecule has 0 N–H and O–H groups in total. The van der Waals surface area contributed by atoms with Crippen LogP contribution in [0.3, 0.4) is 0 Å². The summed E-state index contributed by atoms with van der Waals surface area (Å²) in [5, 5.41) is 0. The van der Waals surface area contributed by atoms with Crippen LogP contribution in [0.4, 0.5) is 0 Å². The molecule has 2 atom stereocenters. The highest BCUT2D eigenvalue weighted by molar-refractivity contribution is 5.92. The van der Waals surface area contributed by atoms with Crippen LogP contribution < -0.4 is 9.47 Å². The molecule has 0 aliphatic heterocycles. The van der Waals surface area contributed by atoms with E-state index in [0.29, 0.717) is 25.4 Å². The molecule has 0 heterocycles. The molecule has 0 saturated heterocycles. The number of carbonyl (C=O) groups is 1. The summed E-state index contributed by atoms with van der Waals surface area (Å²) in [5.74, 6) is 1.28. The van der Waals surface area contributed by atoms with E-state index < -0.39 is 0 Å². The molecule has 3 rings (SSSR count). The molecule has 0 saturated carbocycles. The Labute approximate surface area is 190 Å². The molecule has 0 fully saturated rings. The van der Waals surface area contributed by atoms with E-state index in [4.69, 9.17) is 18.9 Å². The fourth-order valence-electron chi connectivity index (χ4n) is 3.98. The molecule has 0 bridgehead atoms. The van der Waals surface area contributed by atoms with Crippen LogP contribution in [0.5, 0.6) is 11.5 Å². The van der Waals surface area contributed by atoms with Gasteiger partial charge in [0.1, 0.15) is 18.1 Å². The Morgan fingerprint density at radius 1 is 0.969 bits per heavy atom. The lowest BCUT2D eigenvalue weighted by atomic mass is 9.77. The highest BCUT2D eigenvalue weighted by atomic mass is 16.5. The van der Waals surface area contributed by atoms with Gasteiger partial charge in [-0.25, -0.2) is 4.79 Å². The van der Waals surface area contributed by atoms with Crippen molar-refractivity contribution in [2.45, 2.75) is 26.2 Å². The maximum Gasteiger partial charge on any atom is 0.334 e. The van der Waals surface area contributed by atoms with E-state index >= 15 is 0 Å². The average molecular weight is 437 g/mol. The van der Waals surface area contributed by atoms with Crippen molar-refractivity contribution >= 4 is 5.97 Å². The first-order chi connectivity index (χ1) is 15.6. The number of hydrogen-bond donors (Lipinski definition) is 0. The van der Waals surface area contributed by atoms with Gasteiger partial charge in [-0.05, 0) is 55.7 Å². The van der Waals surface area contributed by atoms with Crippen LogP contribution in [0.25, 0.3) is 0 Å². The van der Waals surface area contributed by atoms with Crippen LogP contribution in [0, 0.1) is 5.92 Å². The number of rotatable bonds is 10. The quantitative estimate of drug-likeness (QED) is 0.294. The topological polar surface area (TPSA) is 54.0 Å². The fraction of sp³-hybridized carbons (Fsp3) is 0.370. The summed E-state index contributed by atoms with van der Waals surface area (Å²) in [6.07, 6.45) is 5.12. The molecule has 1 aliphatic carbocycles. The molecule has 170 valence electrons. The minimum Gasteiger partial charge on any atom is -0.497 e. The Kier molecular flexibility index (Phi) is 8.51. The predicted molar refractivity (Wildman–Crippen MR) is 125 cm³/mol. The minimum absolute atomic E-state index is 0.125. The Morgan fingerprint density at radius 2 is 1.75 bits per heavy atom. The maximum atomic E-state index is 13.0. The third kappa shape index (κ3) is 5.80. The van der Waals surface area contributed by atoms with Gasteiger partial charge in [0, 0.05) is 24.5 Å². The van der Waals surface area contributed by atoms with Crippen molar-refractivity contribution < 1.29 is 23.7 Å². The van der Waals surface area contributed by atoms with Crippen molar-refractivity contribution in [2.75, 3.05) is 34.0 Å². The molecule has 2 aromatic rings. The lowest BCUT2D eigenvalue weighted by Crippen LogP contribution is -2.22. The molecule has 5 nitrogen and oxygen atoms in total. The Bertz CT molecular complexity index is 958. The normalized spacial score (nSPS) is 17.9. The van der Waals surface area contributed by atoms with Crippen LogP contribution in [0.15, 0.2) is 71.8 Å². The lowest BCUT2D eigenvalue weighted by Gasteiger charge is -2.28. The van der Waals surface area contributed by atoms with Crippen LogP contribution in [-0.2, 0) is 20.7 Å². The Hall–Kier alpha value is -3.05. The summed E-state index contributed by atoms with van der Waals surface area (Å²) in [6.45, 7) is 5.21. The molecule has 2 aromatic carbocycles. The largest absolute Gasteiger partial charge is 0.497 e. The second-order valence-electron chi connectivity index (χ2n) is 7.75. The van der Waals surface area contributed by atoms with Gasteiger partial charge in [-0.15, -0.1) is 0 Å². The molecule has 0 amide bonds. The Balaban J connectivity index is 1.88. The zero-order valence-electron chi connectivity index (χ0n) is 19.3. The minimum atomic E-state index is -0.259. The van der Waals surface area contributed by atoms with Gasteiger partial charge in [-0.3, -0.25) is 0 Å². The van der Waals surface area contributed by atoms with Crippen molar-refractivity contribution in [1.29, 1.82) is 0 Å². The van der Waals surface area contributed by atoms with Gasteiger partial charge in [0.05, 0.1) is 20.3 Å². The first-order valence-electron chi connectivity index (χ1n) is 11.0. The van der Waals surface area contributed by atoms with E-state index in [0.717, 1.165) is 29.1 Å². The summed E-state index contributed by atoms with van der Waals surface area (Å²) in [4.78, 5) is 13.0. The van der Waals surface area contributed by atoms with Crippen molar-refractivity contribution in [2.24, 2.45) is 5.92 Å².